The molecule has 0 aromatic rings. The lowest BCUT2D eigenvalue weighted by molar-refractivity contribution is -0.147. The molecule has 2 N–H and O–H groups in total. The fourth-order valence-electron chi connectivity index (χ4n) is 2.72. The van der Waals surface area contributed by atoms with Crippen molar-refractivity contribution in [2.24, 2.45) is 0 Å². The van der Waals surface area contributed by atoms with Crippen molar-refractivity contribution in [1.82, 2.24) is 5.32 Å². The Labute approximate surface area is 145 Å². The quantitative estimate of drug-likeness (QED) is 0.393. The molecule has 1 heterocycles. The average molecular weight is 337 g/mol. The van der Waals surface area contributed by atoms with Crippen LogP contribution in [0.3, 0.4) is 0 Å². The minimum Gasteiger partial charge on any atom is -0.478 e. The number of aliphatic carboxylic acids is 1. The van der Waals surface area contributed by atoms with Crippen LogP contribution in [0.1, 0.15) is 71.1 Å². The van der Waals surface area contributed by atoms with Crippen LogP contribution >= 0.6 is 0 Å². The van der Waals surface area contributed by atoms with Crippen molar-refractivity contribution in [1.29, 1.82) is 0 Å². The zero-order valence-electron chi connectivity index (χ0n) is 14.8. The summed E-state index contributed by atoms with van der Waals surface area (Å²) in [6.45, 7) is 2.58. The molecule has 0 aromatic heterocycles. The zero-order valence-corrected chi connectivity index (χ0v) is 14.8. The number of rotatable bonds is 13. The Morgan fingerprint density at radius 1 is 1.04 bits per heavy atom. The van der Waals surface area contributed by atoms with E-state index in [2.05, 4.69) is 12.2 Å². The molecule has 0 aromatic carbocycles. The molecule has 1 rings (SSSR count). The lowest BCUT2D eigenvalue weighted by Crippen LogP contribution is -2.40. The highest BCUT2D eigenvalue weighted by molar-refractivity contribution is 5.97. The van der Waals surface area contributed by atoms with Crippen LogP contribution in [0.5, 0.6) is 0 Å². The minimum atomic E-state index is -1.10. The van der Waals surface area contributed by atoms with Gasteiger partial charge in [-0.25, -0.2) is 9.59 Å². The van der Waals surface area contributed by atoms with Crippen LogP contribution < -0.4 is 5.32 Å². The second kappa shape index (κ2) is 12.6. The third-order valence-corrected chi connectivity index (χ3v) is 4.17. The third kappa shape index (κ3) is 8.18. The van der Waals surface area contributed by atoms with Crippen LogP contribution in [0, 0.1) is 0 Å². The average Bonchev–Trinajstić information content (AvgIpc) is 2.59. The number of allylic oxidation sites excluding steroid dienone is 2. The SMILES string of the molecule is CCCCCCCCCCCCOC(=O)C1NC=CC=C1C(=O)O. The van der Waals surface area contributed by atoms with E-state index >= 15 is 0 Å². The molecule has 1 aliphatic heterocycles. The summed E-state index contributed by atoms with van der Waals surface area (Å²) in [5.41, 5.74) is 0.0190. The largest absolute Gasteiger partial charge is 0.478 e. The molecular weight excluding hydrogens is 306 g/mol. The molecule has 0 radical (unpaired) electrons. The highest BCUT2D eigenvalue weighted by atomic mass is 16.5. The van der Waals surface area contributed by atoms with Gasteiger partial charge in [-0.15, -0.1) is 0 Å². The number of esters is 1. The molecule has 0 amide bonds. The third-order valence-electron chi connectivity index (χ3n) is 4.17. The van der Waals surface area contributed by atoms with E-state index in [-0.39, 0.29) is 5.57 Å². The summed E-state index contributed by atoms with van der Waals surface area (Å²) in [6, 6.07) is -0.907. The van der Waals surface area contributed by atoms with Gasteiger partial charge < -0.3 is 15.2 Å². The Bertz CT molecular complexity index is 443. The molecule has 136 valence electrons. The normalized spacial score (nSPS) is 16.4. The van der Waals surface area contributed by atoms with E-state index in [1.807, 2.05) is 0 Å². The molecule has 0 fully saturated rings. The number of carboxylic acids is 1. The van der Waals surface area contributed by atoms with E-state index in [9.17, 15) is 9.59 Å². The van der Waals surface area contributed by atoms with Crippen molar-refractivity contribution >= 4 is 11.9 Å². The molecule has 0 saturated carbocycles. The number of dihydropyridines is 1. The number of nitrogens with one attached hydrogen (secondary N) is 1. The second-order valence-corrected chi connectivity index (χ2v) is 6.24. The van der Waals surface area contributed by atoms with Gasteiger partial charge in [-0.05, 0) is 24.8 Å². The first kappa shape index (κ1) is 20.3. The van der Waals surface area contributed by atoms with E-state index in [4.69, 9.17) is 9.84 Å². The van der Waals surface area contributed by atoms with Crippen LogP contribution in [0.2, 0.25) is 0 Å². The number of hydrogen-bond donors (Lipinski definition) is 2. The molecule has 24 heavy (non-hydrogen) atoms. The van der Waals surface area contributed by atoms with E-state index in [1.54, 1.807) is 12.3 Å². The number of carboxylic acid groups (broad SMARTS) is 1. The van der Waals surface area contributed by atoms with Gasteiger partial charge >= 0.3 is 11.9 Å². The van der Waals surface area contributed by atoms with Gasteiger partial charge in [0, 0.05) is 0 Å². The van der Waals surface area contributed by atoms with Crippen LogP contribution in [0.25, 0.3) is 0 Å². The molecule has 0 spiro atoms. The van der Waals surface area contributed by atoms with Crippen LogP contribution in [-0.2, 0) is 14.3 Å². The summed E-state index contributed by atoms with van der Waals surface area (Å²) in [4.78, 5) is 23.0. The van der Waals surface area contributed by atoms with Gasteiger partial charge in [0.15, 0.2) is 6.04 Å². The molecule has 5 heteroatoms. The topological polar surface area (TPSA) is 75.6 Å². The maximum Gasteiger partial charge on any atom is 0.334 e. The number of ether oxygens (including phenoxy) is 1. The highest BCUT2D eigenvalue weighted by Crippen LogP contribution is 2.12. The standard InChI is InChI=1S/C19H31NO4/c1-2-3-4-5-6-7-8-9-10-11-15-24-19(23)17-16(18(21)22)13-12-14-20-17/h12-14,17,20H,2-11,15H2,1H3,(H,21,22). The Hall–Kier alpha value is -1.78. The van der Waals surface area contributed by atoms with Gasteiger partial charge in [0.05, 0.1) is 12.2 Å². The molecule has 1 unspecified atom stereocenters. The van der Waals surface area contributed by atoms with Crippen molar-refractivity contribution in [3.05, 3.63) is 23.9 Å². The van der Waals surface area contributed by atoms with Crippen molar-refractivity contribution in [2.45, 2.75) is 77.2 Å². The Morgan fingerprint density at radius 2 is 1.62 bits per heavy atom. The number of unbranched alkanes of at least 4 members (excludes halogenated alkanes) is 9. The zero-order chi connectivity index (χ0) is 17.6. The van der Waals surface area contributed by atoms with E-state index in [0.29, 0.717) is 6.61 Å². The maximum atomic E-state index is 12.0. The maximum absolute atomic E-state index is 12.0. The minimum absolute atomic E-state index is 0.0190. The lowest BCUT2D eigenvalue weighted by Gasteiger charge is -2.19. The summed E-state index contributed by atoms with van der Waals surface area (Å²) in [6.07, 6.45) is 16.7. The number of carbonyl (C=O) groups excluding carboxylic acids is 1. The van der Waals surface area contributed by atoms with Crippen molar-refractivity contribution in [3.63, 3.8) is 0 Å². The molecule has 0 bridgehead atoms. The van der Waals surface area contributed by atoms with Crippen LogP contribution in [0.4, 0.5) is 0 Å². The monoisotopic (exact) mass is 337 g/mol. The number of hydrogen-bond acceptors (Lipinski definition) is 4. The Balaban J connectivity index is 2.03. The Kier molecular flexibility index (Phi) is 10.7. The van der Waals surface area contributed by atoms with Gasteiger partial charge in [-0.2, -0.15) is 0 Å². The first-order valence-corrected chi connectivity index (χ1v) is 9.19. The van der Waals surface area contributed by atoms with Gasteiger partial charge in [0.2, 0.25) is 0 Å². The number of carbonyl (C=O) groups is 2. The molecular formula is C19H31NO4. The smallest absolute Gasteiger partial charge is 0.334 e. The lowest BCUT2D eigenvalue weighted by atomic mass is 10.1. The van der Waals surface area contributed by atoms with Crippen LogP contribution in [-0.4, -0.2) is 29.7 Å². The predicted octanol–water partition coefficient (Wildman–Crippen LogP) is 3.95. The van der Waals surface area contributed by atoms with Crippen LogP contribution in [0.15, 0.2) is 23.9 Å². The summed E-state index contributed by atoms with van der Waals surface area (Å²) < 4.78 is 5.19. The van der Waals surface area contributed by atoms with Crippen molar-refractivity contribution in [3.8, 4) is 0 Å². The molecule has 1 atom stereocenters. The first-order chi connectivity index (χ1) is 11.7. The van der Waals surface area contributed by atoms with Gasteiger partial charge in [-0.3, -0.25) is 0 Å². The van der Waals surface area contributed by atoms with Crippen molar-refractivity contribution in [2.75, 3.05) is 6.61 Å². The fourth-order valence-corrected chi connectivity index (χ4v) is 2.72. The van der Waals surface area contributed by atoms with Gasteiger partial charge in [0.25, 0.3) is 0 Å². The van der Waals surface area contributed by atoms with Gasteiger partial charge in [-0.1, -0.05) is 64.7 Å². The van der Waals surface area contributed by atoms with E-state index in [1.165, 1.54) is 51.0 Å². The van der Waals surface area contributed by atoms with E-state index in [0.717, 1.165) is 19.3 Å². The molecule has 0 aliphatic carbocycles. The summed E-state index contributed by atoms with van der Waals surface area (Å²) in [5.74, 6) is -1.63. The Morgan fingerprint density at radius 3 is 2.21 bits per heavy atom. The predicted molar refractivity (Wildman–Crippen MR) is 94.6 cm³/mol. The first-order valence-electron chi connectivity index (χ1n) is 9.19. The second-order valence-electron chi connectivity index (χ2n) is 6.24. The molecule has 0 saturated heterocycles. The summed E-state index contributed by atoms with van der Waals surface area (Å²) in [7, 11) is 0. The summed E-state index contributed by atoms with van der Waals surface area (Å²) >= 11 is 0. The van der Waals surface area contributed by atoms with Crippen molar-refractivity contribution < 1.29 is 19.4 Å². The van der Waals surface area contributed by atoms with Gasteiger partial charge in [0.1, 0.15) is 0 Å². The molecule has 1 aliphatic rings. The molecule has 5 nitrogen and oxygen atoms in total. The summed E-state index contributed by atoms with van der Waals surface area (Å²) in [5, 5.41) is 11.8. The highest BCUT2D eigenvalue weighted by Gasteiger charge is 2.28. The fraction of sp³-hybridized carbons (Fsp3) is 0.684. The van der Waals surface area contributed by atoms with E-state index < -0.39 is 18.0 Å².